The first kappa shape index (κ1) is 24.4. The summed E-state index contributed by atoms with van der Waals surface area (Å²) in [6.07, 6.45) is 0.865. The van der Waals surface area contributed by atoms with E-state index < -0.39 is 10.0 Å². The highest BCUT2D eigenvalue weighted by atomic mass is 35.5. The predicted octanol–water partition coefficient (Wildman–Crippen LogP) is 4.32. The lowest BCUT2D eigenvalue weighted by molar-refractivity contribution is -0.120. The van der Waals surface area contributed by atoms with Gasteiger partial charge in [-0.05, 0) is 44.7 Å². The smallest absolute Gasteiger partial charge is 0.243 e. The zero-order valence-corrected chi connectivity index (χ0v) is 20.6. The highest BCUT2D eigenvalue weighted by molar-refractivity contribution is 7.89. The van der Waals surface area contributed by atoms with Gasteiger partial charge < -0.3 is 14.8 Å². The number of benzene rings is 2. The van der Waals surface area contributed by atoms with Crippen molar-refractivity contribution < 1.29 is 22.7 Å². The van der Waals surface area contributed by atoms with Gasteiger partial charge >= 0.3 is 0 Å². The molecular formula is C23H29ClN2O5S. The second kappa shape index (κ2) is 9.68. The molecule has 0 radical (unpaired) electrons. The van der Waals surface area contributed by atoms with Crippen molar-refractivity contribution in [2.24, 2.45) is 5.92 Å². The maximum absolute atomic E-state index is 13.3. The number of methoxy groups -OCH3 is 2. The molecule has 0 spiro atoms. The van der Waals surface area contributed by atoms with Crippen LogP contribution in [0.5, 0.6) is 11.5 Å². The van der Waals surface area contributed by atoms with E-state index in [1.165, 1.54) is 18.5 Å². The number of nitrogens with zero attached hydrogens (tertiary/aromatic N) is 1. The lowest BCUT2D eigenvalue weighted by atomic mass is 9.97. The van der Waals surface area contributed by atoms with Crippen LogP contribution >= 0.6 is 11.6 Å². The summed E-state index contributed by atoms with van der Waals surface area (Å²) in [4.78, 5) is 13.2. The van der Waals surface area contributed by atoms with Crippen molar-refractivity contribution >= 4 is 33.2 Å². The minimum Gasteiger partial charge on any atom is -0.495 e. The van der Waals surface area contributed by atoms with Crippen LogP contribution in [0, 0.1) is 26.7 Å². The van der Waals surface area contributed by atoms with Gasteiger partial charge in [-0.1, -0.05) is 29.3 Å². The van der Waals surface area contributed by atoms with Gasteiger partial charge in [0, 0.05) is 31.1 Å². The predicted molar refractivity (Wildman–Crippen MR) is 125 cm³/mol. The molecule has 2 aromatic rings. The molecule has 2 aromatic carbocycles. The maximum atomic E-state index is 13.3. The second-order valence-electron chi connectivity index (χ2n) is 8.08. The fourth-order valence-corrected chi connectivity index (χ4v) is 6.37. The SMILES string of the molecule is COc1cc(NC(=O)C2CCN(S(=O)(=O)c3c(C)cc(C)cc3C)CC2)c(OC)cc1Cl. The molecule has 0 bridgehead atoms. The quantitative estimate of drug-likeness (QED) is 0.665. The monoisotopic (exact) mass is 480 g/mol. The number of amides is 1. The normalized spacial score (nSPS) is 15.4. The molecule has 32 heavy (non-hydrogen) atoms. The molecule has 0 aromatic heterocycles. The summed E-state index contributed by atoms with van der Waals surface area (Å²) in [7, 11) is -0.637. The lowest BCUT2D eigenvalue weighted by Crippen LogP contribution is -2.41. The zero-order chi connectivity index (χ0) is 23.6. The van der Waals surface area contributed by atoms with Gasteiger partial charge in [0.05, 0.1) is 29.8 Å². The number of aryl methyl sites for hydroxylation is 3. The van der Waals surface area contributed by atoms with E-state index in [0.717, 1.165) is 16.7 Å². The Kier molecular flexibility index (Phi) is 7.37. The van der Waals surface area contributed by atoms with Crippen LogP contribution in [0.2, 0.25) is 5.02 Å². The fourth-order valence-electron chi connectivity index (χ4n) is 4.25. The minimum atomic E-state index is -3.62. The van der Waals surface area contributed by atoms with Crippen molar-refractivity contribution in [3.05, 3.63) is 46.0 Å². The third-order valence-electron chi connectivity index (χ3n) is 5.76. The van der Waals surface area contributed by atoms with E-state index in [1.807, 2.05) is 32.9 Å². The molecule has 1 heterocycles. The van der Waals surface area contributed by atoms with Crippen LogP contribution in [0.15, 0.2) is 29.2 Å². The number of piperidine rings is 1. The van der Waals surface area contributed by atoms with Crippen LogP contribution in [0.3, 0.4) is 0 Å². The third kappa shape index (κ3) is 4.87. The first-order valence-corrected chi connectivity index (χ1v) is 12.2. The van der Waals surface area contributed by atoms with Gasteiger partial charge in [0.1, 0.15) is 11.5 Å². The summed E-state index contributed by atoms with van der Waals surface area (Å²) < 4.78 is 38.6. The van der Waals surface area contributed by atoms with Crippen molar-refractivity contribution in [3.8, 4) is 11.5 Å². The topological polar surface area (TPSA) is 84.9 Å². The van der Waals surface area contributed by atoms with E-state index in [9.17, 15) is 13.2 Å². The van der Waals surface area contributed by atoms with Crippen molar-refractivity contribution in [2.45, 2.75) is 38.5 Å². The number of ether oxygens (including phenoxy) is 2. The van der Waals surface area contributed by atoms with Gasteiger partial charge in [-0.2, -0.15) is 4.31 Å². The Morgan fingerprint density at radius 2 is 1.56 bits per heavy atom. The van der Waals surface area contributed by atoms with E-state index in [4.69, 9.17) is 21.1 Å². The fraction of sp³-hybridized carbons (Fsp3) is 0.435. The number of hydrogen-bond donors (Lipinski definition) is 1. The van der Waals surface area contributed by atoms with E-state index >= 15 is 0 Å². The van der Waals surface area contributed by atoms with Crippen LogP contribution in [-0.4, -0.2) is 45.9 Å². The molecule has 174 valence electrons. The van der Waals surface area contributed by atoms with Gasteiger partial charge in [-0.3, -0.25) is 4.79 Å². The van der Waals surface area contributed by atoms with E-state index in [1.54, 1.807) is 12.1 Å². The van der Waals surface area contributed by atoms with Crippen LogP contribution in [0.4, 0.5) is 5.69 Å². The van der Waals surface area contributed by atoms with Crippen molar-refractivity contribution in [3.63, 3.8) is 0 Å². The third-order valence-corrected chi connectivity index (χ3v) is 8.26. The molecule has 0 aliphatic carbocycles. The van der Waals surface area contributed by atoms with E-state index in [0.29, 0.717) is 39.9 Å². The Morgan fingerprint density at radius 1 is 1.00 bits per heavy atom. The van der Waals surface area contributed by atoms with Crippen molar-refractivity contribution in [1.29, 1.82) is 0 Å². The zero-order valence-electron chi connectivity index (χ0n) is 19.0. The van der Waals surface area contributed by atoms with Gasteiger partial charge in [0.2, 0.25) is 15.9 Å². The maximum Gasteiger partial charge on any atom is 0.243 e. The Morgan fingerprint density at radius 3 is 2.09 bits per heavy atom. The van der Waals surface area contributed by atoms with Crippen LogP contribution < -0.4 is 14.8 Å². The van der Waals surface area contributed by atoms with Crippen LogP contribution in [0.25, 0.3) is 0 Å². The van der Waals surface area contributed by atoms with E-state index in [2.05, 4.69) is 5.32 Å². The summed E-state index contributed by atoms with van der Waals surface area (Å²) in [5.41, 5.74) is 2.97. The number of anilines is 1. The highest BCUT2D eigenvalue weighted by Gasteiger charge is 2.34. The highest BCUT2D eigenvalue weighted by Crippen LogP contribution is 2.36. The van der Waals surface area contributed by atoms with Crippen LogP contribution in [-0.2, 0) is 14.8 Å². The summed E-state index contributed by atoms with van der Waals surface area (Å²) in [5, 5.41) is 3.25. The van der Waals surface area contributed by atoms with Crippen LogP contribution in [0.1, 0.15) is 29.5 Å². The summed E-state index contributed by atoms with van der Waals surface area (Å²) >= 11 is 6.13. The van der Waals surface area contributed by atoms with Crippen molar-refractivity contribution in [2.75, 3.05) is 32.6 Å². The average Bonchev–Trinajstić information content (AvgIpc) is 2.73. The molecule has 7 nitrogen and oxygen atoms in total. The number of nitrogens with one attached hydrogen (secondary N) is 1. The van der Waals surface area contributed by atoms with E-state index in [-0.39, 0.29) is 24.9 Å². The van der Waals surface area contributed by atoms with Gasteiger partial charge in [0.25, 0.3) is 0 Å². The lowest BCUT2D eigenvalue weighted by Gasteiger charge is -2.31. The number of carbonyl (C=O) groups excluding carboxylic acids is 1. The molecule has 3 rings (SSSR count). The first-order valence-electron chi connectivity index (χ1n) is 10.4. The molecule has 9 heteroatoms. The summed E-state index contributed by atoms with van der Waals surface area (Å²) in [5.74, 6) is 0.350. The molecule has 0 atom stereocenters. The molecule has 1 saturated heterocycles. The average molecular weight is 481 g/mol. The summed E-state index contributed by atoms with van der Waals surface area (Å²) in [6.45, 7) is 6.16. The minimum absolute atomic E-state index is 0.188. The molecule has 1 aliphatic heterocycles. The number of sulfonamides is 1. The molecule has 1 N–H and O–H groups in total. The molecule has 0 saturated carbocycles. The Balaban J connectivity index is 1.72. The first-order chi connectivity index (χ1) is 15.1. The van der Waals surface area contributed by atoms with Gasteiger partial charge in [-0.25, -0.2) is 8.42 Å². The molecule has 1 amide bonds. The van der Waals surface area contributed by atoms with Gasteiger partial charge in [-0.15, -0.1) is 0 Å². The standard InChI is InChI=1S/C23H29ClN2O5S/c1-14-10-15(2)22(16(3)11-14)32(28,29)26-8-6-17(7-9-26)23(27)25-19-13-20(30-4)18(24)12-21(19)31-5/h10-13,17H,6-9H2,1-5H3,(H,25,27). The summed E-state index contributed by atoms with van der Waals surface area (Å²) in [6, 6.07) is 6.96. The molecule has 0 unspecified atom stereocenters. The van der Waals surface area contributed by atoms with Gasteiger partial charge in [0.15, 0.2) is 0 Å². The Hall–Kier alpha value is -2.29. The number of halogens is 1. The molecule has 1 aliphatic rings. The Labute approximate surface area is 194 Å². The number of hydrogen-bond acceptors (Lipinski definition) is 5. The molecular weight excluding hydrogens is 452 g/mol. The number of rotatable bonds is 6. The largest absolute Gasteiger partial charge is 0.495 e. The second-order valence-corrected chi connectivity index (χ2v) is 10.4. The Bertz CT molecular complexity index is 1100. The van der Waals surface area contributed by atoms with Crippen molar-refractivity contribution in [1.82, 2.24) is 4.31 Å². The number of carbonyl (C=O) groups is 1. The molecule has 1 fully saturated rings.